The minimum atomic E-state index is -0.138. The maximum Gasteiger partial charge on any atom is 0.234 e. The van der Waals surface area contributed by atoms with Gasteiger partial charge in [0.1, 0.15) is 5.75 Å². The van der Waals surface area contributed by atoms with Crippen LogP contribution in [0.2, 0.25) is 10.0 Å². The van der Waals surface area contributed by atoms with Gasteiger partial charge in [-0.25, -0.2) is 0 Å². The largest absolute Gasteiger partial charge is 0.495 e. The third kappa shape index (κ3) is 4.56. The van der Waals surface area contributed by atoms with Gasteiger partial charge in [0.05, 0.1) is 23.6 Å². The minimum Gasteiger partial charge on any atom is -0.495 e. The molecule has 0 aromatic heterocycles. The summed E-state index contributed by atoms with van der Waals surface area (Å²) in [6, 6.07) is 12.4. The molecule has 0 saturated carbocycles. The monoisotopic (exact) mass is 341 g/mol. The van der Waals surface area contributed by atoms with Crippen molar-refractivity contribution in [3.05, 3.63) is 52.5 Å². The van der Waals surface area contributed by atoms with Crippen LogP contribution in [0, 0.1) is 0 Å². The van der Waals surface area contributed by atoms with Gasteiger partial charge in [-0.1, -0.05) is 35.3 Å². The highest BCUT2D eigenvalue weighted by molar-refractivity contribution is 8.00. The lowest BCUT2D eigenvalue weighted by Gasteiger charge is -2.10. The number of anilines is 1. The lowest BCUT2D eigenvalue weighted by Crippen LogP contribution is -2.14. The lowest BCUT2D eigenvalue weighted by molar-refractivity contribution is -0.113. The summed E-state index contributed by atoms with van der Waals surface area (Å²) in [6.45, 7) is 0. The minimum absolute atomic E-state index is 0.138. The Labute approximate surface area is 137 Å². The Morgan fingerprint density at radius 2 is 2.00 bits per heavy atom. The zero-order chi connectivity index (χ0) is 15.2. The number of thioether (sulfide) groups is 1. The van der Waals surface area contributed by atoms with Crippen molar-refractivity contribution in [2.24, 2.45) is 0 Å². The Bertz CT molecular complexity index is 649. The summed E-state index contributed by atoms with van der Waals surface area (Å²) < 4.78 is 5.18. The van der Waals surface area contributed by atoms with Gasteiger partial charge in [-0.3, -0.25) is 4.79 Å². The fraction of sp³-hybridized carbons (Fsp3) is 0.133. The second-order valence-electron chi connectivity index (χ2n) is 4.11. The molecule has 0 saturated heterocycles. The van der Waals surface area contributed by atoms with E-state index in [9.17, 15) is 4.79 Å². The highest BCUT2D eigenvalue weighted by Crippen LogP contribution is 2.30. The quantitative estimate of drug-likeness (QED) is 0.798. The van der Waals surface area contributed by atoms with Crippen LogP contribution in [0.25, 0.3) is 0 Å². The molecule has 2 aromatic carbocycles. The standard InChI is InChI=1S/C15H13Cl2NO2S/c1-20-13-5-3-2-4-12(13)18-15(19)9-21-14-8-10(16)6-7-11(14)17/h2-8H,9H2,1H3,(H,18,19). The second-order valence-corrected chi connectivity index (χ2v) is 5.97. The number of ether oxygens (including phenoxy) is 1. The van der Waals surface area contributed by atoms with Crippen molar-refractivity contribution in [1.82, 2.24) is 0 Å². The SMILES string of the molecule is COc1ccccc1NC(=O)CSc1cc(Cl)ccc1Cl. The van der Waals surface area contributed by atoms with Gasteiger partial charge in [-0.2, -0.15) is 0 Å². The van der Waals surface area contributed by atoms with E-state index in [2.05, 4.69) is 5.32 Å². The Balaban J connectivity index is 1.97. The molecule has 0 spiro atoms. The molecule has 1 N–H and O–H groups in total. The maximum atomic E-state index is 12.0. The highest BCUT2D eigenvalue weighted by Gasteiger charge is 2.09. The number of hydrogen-bond acceptors (Lipinski definition) is 3. The van der Waals surface area contributed by atoms with E-state index in [1.54, 1.807) is 37.4 Å². The average molecular weight is 342 g/mol. The van der Waals surface area contributed by atoms with E-state index in [0.717, 1.165) is 4.90 Å². The number of nitrogens with one attached hydrogen (secondary N) is 1. The van der Waals surface area contributed by atoms with Crippen LogP contribution < -0.4 is 10.1 Å². The molecule has 3 nitrogen and oxygen atoms in total. The summed E-state index contributed by atoms with van der Waals surface area (Å²) in [5, 5.41) is 3.97. The van der Waals surface area contributed by atoms with Crippen molar-refractivity contribution in [2.45, 2.75) is 4.90 Å². The van der Waals surface area contributed by atoms with Gasteiger partial charge in [0.2, 0.25) is 5.91 Å². The van der Waals surface area contributed by atoms with Gasteiger partial charge < -0.3 is 10.1 Å². The molecule has 21 heavy (non-hydrogen) atoms. The van der Waals surface area contributed by atoms with Crippen LogP contribution in [0.15, 0.2) is 47.4 Å². The lowest BCUT2D eigenvalue weighted by atomic mass is 10.3. The van der Waals surface area contributed by atoms with Gasteiger partial charge >= 0.3 is 0 Å². The van der Waals surface area contributed by atoms with E-state index in [0.29, 0.717) is 21.5 Å². The molecule has 0 heterocycles. The van der Waals surface area contributed by atoms with Crippen LogP contribution >= 0.6 is 35.0 Å². The van der Waals surface area contributed by atoms with Crippen LogP contribution in [-0.4, -0.2) is 18.8 Å². The first-order chi connectivity index (χ1) is 10.1. The fourth-order valence-electron chi connectivity index (χ4n) is 1.67. The molecule has 1 amide bonds. The van der Waals surface area contributed by atoms with E-state index in [1.807, 2.05) is 12.1 Å². The zero-order valence-electron chi connectivity index (χ0n) is 11.2. The van der Waals surface area contributed by atoms with E-state index in [4.69, 9.17) is 27.9 Å². The molecule has 0 bridgehead atoms. The van der Waals surface area contributed by atoms with Crippen molar-refractivity contribution >= 4 is 46.6 Å². The molecule has 0 aliphatic carbocycles. The molecule has 110 valence electrons. The van der Waals surface area contributed by atoms with Gasteiger partial charge in [-0.15, -0.1) is 11.8 Å². The predicted molar refractivity (Wildman–Crippen MR) is 88.8 cm³/mol. The molecular formula is C15H13Cl2NO2S. The highest BCUT2D eigenvalue weighted by atomic mass is 35.5. The van der Waals surface area contributed by atoms with Crippen molar-refractivity contribution in [3.63, 3.8) is 0 Å². The van der Waals surface area contributed by atoms with E-state index in [1.165, 1.54) is 11.8 Å². The summed E-state index contributed by atoms with van der Waals surface area (Å²) in [7, 11) is 1.56. The number of hydrogen-bond donors (Lipinski definition) is 1. The topological polar surface area (TPSA) is 38.3 Å². The van der Waals surface area contributed by atoms with Crippen molar-refractivity contribution in [1.29, 1.82) is 0 Å². The Morgan fingerprint density at radius 3 is 2.76 bits per heavy atom. The third-order valence-electron chi connectivity index (χ3n) is 2.63. The third-order valence-corrected chi connectivity index (χ3v) is 4.37. The molecule has 0 atom stereocenters. The molecule has 2 aromatic rings. The predicted octanol–water partition coefficient (Wildman–Crippen LogP) is 4.73. The van der Waals surface area contributed by atoms with E-state index < -0.39 is 0 Å². The Kier molecular flexibility index (Phi) is 5.79. The van der Waals surface area contributed by atoms with Crippen LogP contribution in [0.1, 0.15) is 0 Å². The zero-order valence-corrected chi connectivity index (χ0v) is 13.6. The Hall–Kier alpha value is -1.36. The Morgan fingerprint density at radius 1 is 1.24 bits per heavy atom. The summed E-state index contributed by atoms with van der Waals surface area (Å²) in [5.41, 5.74) is 0.641. The molecule has 0 aliphatic rings. The number of carbonyl (C=O) groups is 1. The summed E-state index contributed by atoms with van der Waals surface area (Å²) >= 11 is 13.3. The molecule has 0 unspecified atom stereocenters. The molecule has 2 rings (SSSR count). The number of methoxy groups -OCH3 is 1. The number of para-hydroxylation sites is 2. The number of halogens is 2. The van der Waals surface area contributed by atoms with Crippen molar-refractivity contribution < 1.29 is 9.53 Å². The maximum absolute atomic E-state index is 12.0. The van der Waals surface area contributed by atoms with Crippen LogP contribution in [0.4, 0.5) is 5.69 Å². The van der Waals surface area contributed by atoms with Crippen molar-refractivity contribution in [3.8, 4) is 5.75 Å². The van der Waals surface area contributed by atoms with E-state index >= 15 is 0 Å². The number of amides is 1. The summed E-state index contributed by atoms with van der Waals surface area (Å²) in [4.78, 5) is 12.8. The summed E-state index contributed by atoms with van der Waals surface area (Å²) in [6.07, 6.45) is 0. The average Bonchev–Trinajstić information content (AvgIpc) is 2.49. The van der Waals surface area contributed by atoms with Gasteiger partial charge in [0, 0.05) is 9.92 Å². The molecule has 6 heteroatoms. The fourth-order valence-corrected chi connectivity index (χ4v) is 2.96. The van der Waals surface area contributed by atoms with Gasteiger partial charge in [-0.05, 0) is 30.3 Å². The molecule has 0 radical (unpaired) electrons. The second kappa shape index (κ2) is 7.59. The van der Waals surface area contributed by atoms with E-state index in [-0.39, 0.29) is 11.7 Å². The van der Waals surface area contributed by atoms with Crippen LogP contribution in [-0.2, 0) is 4.79 Å². The van der Waals surface area contributed by atoms with Crippen LogP contribution in [0.5, 0.6) is 5.75 Å². The first-order valence-corrected chi connectivity index (χ1v) is 7.85. The first-order valence-electron chi connectivity index (χ1n) is 6.11. The summed E-state index contributed by atoms with van der Waals surface area (Å²) in [5.74, 6) is 0.718. The molecule has 0 fully saturated rings. The number of carbonyl (C=O) groups excluding carboxylic acids is 1. The first kappa shape index (κ1) is 16.0. The molecule has 0 aliphatic heterocycles. The van der Waals surface area contributed by atoms with Crippen LogP contribution in [0.3, 0.4) is 0 Å². The molecular weight excluding hydrogens is 329 g/mol. The van der Waals surface area contributed by atoms with Crippen molar-refractivity contribution in [2.75, 3.05) is 18.2 Å². The van der Waals surface area contributed by atoms with Gasteiger partial charge in [0.15, 0.2) is 0 Å². The number of rotatable bonds is 5. The normalized spacial score (nSPS) is 10.2. The van der Waals surface area contributed by atoms with Gasteiger partial charge in [0.25, 0.3) is 0 Å². The number of benzene rings is 2. The smallest absolute Gasteiger partial charge is 0.234 e.